The van der Waals surface area contributed by atoms with E-state index in [1.165, 1.54) is 7.11 Å². The lowest BCUT2D eigenvalue weighted by molar-refractivity contribution is 0.0594. The molecule has 4 heteroatoms. The highest BCUT2D eigenvalue weighted by Crippen LogP contribution is 2.28. The largest absolute Gasteiger partial charge is 0.464 e. The van der Waals surface area contributed by atoms with Crippen molar-refractivity contribution in [2.45, 2.75) is 32.6 Å². The van der Waals surface area contributed by atoms with Crippen molar-refractivity contribution in [3.63, 3.8) is 0 Å². The van der Waals surface area contributed by atoms with E-state index < -0.39 is 0 Å². The van der Waals surface area contributed by atoms with Crippen molar-refractivity contribution in [2.24, 2.45) is 0 Å². The van der Waals surface area contributed by atoms with Gasteiger partial charge in [0.15, 0.2) is 0 Å². The van der Waals surface area contributed by atoms with Crippen molar-refractivity contribution >= 4 is 27.8 Å². The first-order valence-electron chi connectivity index (χ1n) is 7.73. The minimum absolute atomic E-state index is 0.381. The van der Waals surface area contributed by atoms with Crippen LogP contribution in [0.4, 0.5) is 0 Å². The first-order chi connectivity index (χ1) is 10.7. The molecule has 2 heterocycles. The lowest BCUT2D eigenvalue weighted by Crippen LogP contribution is -2.06. The number of para-hydroxylation sites is 1. The Bertz CT molecular complexity index is 820. The first-order valence-corrected chi connectivity index (χ1v) is 7.73. The fraction of sp³-hybridized carbons (Fsp3) is 0.333. The highest BCUT2D eigenvalue weighted by Gasteiger charge is 2.15. The van der Waals surface area contributed by atoms with Crippen molar-refractivity contribution in [2.75, 3.05) is 7.11 Å². The maximum atomic E-state index is 11.9. The zero-order valence-electron chi connectivity index (χ0n) is 13.0. The Morgan fingerprint density at radius 2 is 2.05 bits per heavy atom. The molecule has 0 fully saturated rings. The van der Waals surface area contributed by atoms with Crippen molar-refractivity contribution in [1.29, 1.82) is 0 Å². The third-order valence-electron chi connectivity index (χ3n) is 3.98. The number of pyridine rings is 1. The predicted molar refractivity (Wildman–Crippen MR) is 88.2 cm³/mol. The van der Waals surface area contributed by atoms with E-state index in [1.807, 2.05) is 24.3 Å². The molecule has 3 aromatic rings. The summed E-state index contributed by atoms with van der Waals surface area (Å²) in [4.78, 5) is 19.9. The zero-order valence-corrected chi connectivity index (χ0v) is 13.0. The molecule has 4 nitrogen and oxygen atoms in total. The SMILES string of the molecule is CCCCCc1nc(C(=O)OC)cc2c1[nH]c1ccccc12. The van der Waals surface area contributed by atoms with E-state index in [1.54, 1.807) is 0 Å². The Balaban J connectivity index is 2.18. The normalized spacial score (nSPS) is 11.2. The summed E-state index contributed by atoms with van der Waals surface area (Å²) in [5, 5.41) is 2.15. The van der Waals surface area contributed by atoms with Crippen LogP contribution in [0.5, 0.6) is 0 Å². The number of aromatic amines is 1. The van der Waals surface area contributed by atoms with Gasteiger partial charge in [0.05, 0.1) is 18.3 Å². The molecule has 0 spiro atoms. The number of fused-ring (bicyclic) bond motifs is 3. The molecule has 0 saturated heterocycles. The topological polar surface area (TPSA) is 55.0 Å². The monoisotopic (exact) mass is 296 g/mol. The highest BCUT2D eigenvalue weighted by atomic mass is 16.5. The Hall–Kier alpha value is -2.36. The van der Waals surface area contributed by atoms with E-state index in [0.29, 0.717) is 5.69 Å². The molecule has 0 unspecified atom stereocenters. The van der Waals surface area contributed by atoms with Crippen LogP contribution in [-0.2, 0) is 11.2 Å². The number of carbonyl (C=O) groups excluding carboxylic acids is 1. The van der Waals surface area contributed by atoms with Gasteiger partial charge in [0, 0.05) is 16.3 Å². The van der Waals surface area contributed by atoms with E-state index in [-0.39, 0.29) is 5.97 Å². The van der Waals surface area contributed by atoms with Crippen LogP contribution < -0.4 is 0 Å². The molecule has 0 aliphatic rings. The van der Waals surface area contributed by atoms with E-state index >= 15 is 0 Å². The number of nitrogens with zero attached hydrogens (tertiary/aromatic N) is 1. The number of nitrogens with one attached hydrogen (secondary N) is 1. The van der Waals surface area contributed by atoms with Gasteiger partial charge in [-0.25, -0.2) is 9.78 Å². The molecular formula is C18H20N2O2. The number of carbonyl (C=O) groups is 1. The van der Waals surface area contributed by atoms with Gasteiger partial charge in [-0.1, -0.05) is 38.0 Å². The van der Waals surface area contributed by atoms with Crippen LogP contribution >= 0.6 is 0 Å². The minimum Gasteiger partial charge on any atom is -0.464 e. The lowest BCUT2D eigenvalue weighted by atomic mass is 10.1. The summed E-state index contributed by atoms with van der Waals surface area (Å²) in [6, 6.07) is 9.94. The number of unbranched alkanes of at least 4 members (excludes halogenated alkanes) is 2. The van der Waals surface area contributed by atoms with Crippen molar-refractivity contribution < 1.29 is 9.53 Å². The molecule has 3 rings (SSSR count). The maximum Gasteiger partial charge on any atom is 0.356 e. The maximum absolute atomic E-state index is 11.9. The minimum atomic E-state index is -0.385. The number of hydrogen-bond donors (Lipinski definition) is 1. The second-order valence-corrected chi connectivity index (χ2v) is 5.50. The smallest absolute Gasteiger partial charge is 0.356 e. The Morgan fingerprint density at radius 1 is 1.23 bits per heavy atom. The molecule has 0 saturated carbocycles. The van der Waals surface area contributed by atoms with Gasteiger partial charge in [-0.2, -0.15) is 0 Å². The van der Waals surface area contributed by atoms with Gasteiger partial charge in [-0.15, -0.1) is 0 Å². The van der Waals surface area contributed by atoms with Crippen LogP contribution in [0, 0.1) is 0 Å². The summed E-state index contributed by atoms with van der Waals surface area (Å²) in [7, 11) is 1.39. The molecule has 2 aromatic heterocycles. The molecule has 0 bridgehead atoms. The van der Waals surface area contributed by atoms with Crippen LogP contribution in [0.1, 0.15) is 42.4 Å². The number of hydrogen-bond acceptors (Lipinski definition) is 3. The van der Waals surface area contributed by atoms with Crippen molar-refractivity contribution in [1.82, 2.24) is 9.97 Å². The molecule has 22 heavy (non-hydrogen) atoms. The number of methoxy groups -OCH3 is 1. The molecule has 114 valence electrons. The van der Waals surface area contributed by atoms with Gasteiger partial charge >= 0.3 is 5.97 Å². The molecular weight excluding hydrogens is 276 g/mol. The van der Waals surface area contributed by atoms with Crippen LogP contribution in [0.2, 0.25) is 0 Å². The third kappa shape index (κ3) is 2.56. The Morgan fingerprint density at radius 3 is 2.82 bits per heavy atom. The van der Waals surface area contributed by atoms with Gasteiger partial charge in [-0.3, -0.25) is 0 Å². The molecule has 1 aromatic carbocycles. The second kappa shape index (κ2) is 6.18. The summed E-state index contributed by atoms with van der Waals surface area (Å²) < 4.78 is 4.84. The standard InChI is InChI=1S/C18H20N2O2/c1-3-4-5-10-15-17-13(11-16(19-15)18(21)22-2)12-8-6-7-9-14(12)20-17/h6-9,11,20H,3-5,10H2,1-2H3. The first kappa shape index (κ1) is 14.6. The number of benzene rings is 1. The van der Waals surface area contributed by atoms with Crippen LogP contribution in [0.25, 0.3) is 21.8 Å². The lowest BCUT2D eigenvalue weighted by Gasteiger charge is -2.06. The average Bonchev–Trinajstić information content (AvgIpc) is 2.93. The number of aromatic nitrogens is 2. The van der Waals surface area contributed by atoms with Gasteiger partial charge in [0.2, 0.25) is 0 Å². The molecule has 0 radical (unpaired) electrons. The van der Waals surface area contributed by atoms with Gasteiger partial charge in [0.1, 0.15) is 5.69 Å². The molecule has 1 N–H and O–H groups in total. The van der Waals surface area contributed by atoms with Crippen LogP contribution in [0.3, 0.4) is 0 Å². The molecule has 0 atom stereocenters. The summed E-state index contributed by atoms with van der Waals surface area (Å²) in [6.45, 7) is 2.18. The van der Waals surface area contributed by atoms with E-state index in [0.717, 1.165) is 53.2 Å². The molecule has 0 amide bonds. The quantitative estimate of drug-likeness (QED) is 0.566. The number of H-pyrrole nitrogens is 1. The fourth-order valence-electron chi connectivity index (χ4n) is 2.84. The van der Waals surface area contributed by atoms with Gasteiger partial charge < -0.3 is 9.72 Å². The number of esters is 1. The Kier molecular flexibility index (Phi) is 4.09. The van der Waals surface area contributed by atoms with Crippen molar-refractivity contribution in [3.8, 4) is 0 Å². The van der Waals surface area contributed by atoms with Gasteiger partial charge in [0.25, 0.3) is 0 Å². The average molecular weight is 296 g/mol. The Labute approximate surface area is 129 Å². The molecule has 0 aliphatic heterocycles. The third-order valence-corrected chi connectivity index (χ3v) is 3.98. The van der Waals surface area contributed by atoms with E-state index in [9.17, 15) is 4.79 Å². The van der Waals surface area contributed by atoms with Crippen LogP contribution in [0.15, 0.2) is 30.3 Å². The highest BCUT2D eigenvalue weighted by molar-refractivity contribution is 6.09. The number of rotatable bonds is 5. The molecule has 0 aliphatic carbocycles. The van der Waals surface area contributed by atoms with Gasteiger partial charge in [-0.05, 0) is 25.0 Å². The van der Waals surface area contributed by atoms with Crippen LogP contribution in [-0.4, -0.2) is 23.0 Å². The summed E-state index contributed by atoms with van der Waals surface area (Å²) in [5.41, 5.74) is 3.43. The summed E-state index contributed by atoms with van der Waals surface area (Å²) in [5.74, 6) is -0.385. The van der Waals surface area contributed by atoms with Crippen molar-refractivity contribution in [3.05, 3.63) is 41.7 Å². The predicted octanol–water partition coefficient (Wildman–Crippen LogP) is 4.24. The second-order valence-electron chi connectivity index (χ2n) is 5.50. The van der Waals surface area contributed by atoms with E-state index in [4.69, 9.17) is 4.74 Å². The summed E-state index contributed by atoms with van der Waals surface area (Å²) >= 11 is 0. The fourth-order valence-corrected chi connectivity index (χ4v) is 2.84. The number of aryl methyl sites for hydroxylation is 1. The summed E-state index contributed by atoms with van der Waals surface area (Å²) in [6.07, 6.45) is 4.25. The van der Waals surface area contributed by atoms with E-state index in [2.05, 4.69) is 23.0 Å². The zero-order chi connectivity index (χ0) is 15.5. The number of ether oxygens (including phenoxy) is 1.